The highest BCUT2D eigenvalue weighted by molar-refractivity contribution is 9.08. The van der Waals surface area contributed by atoms with Crippen LogP contribution >= 0.6 is 27.5 Å². The Hall–Kier alpha value is -1.06. The van der Waals surface area contributed by atoms with Gasteiger partial charge in [-0.3, -0.25) is 0 Å². The van der Waals surface area contributed by atoms with Crippen LogP contribution in [0.4, 0.5) is 4.39 Å². The van der Waals surface area contributed by atoms with Gasteiger partial charge in [-0.25, -0.2) is 4.39 Å². The van der Waals surface area contributed by atoms with Gasteiger partial charge in [-0.05, 0) is 36.4 Å². The molecule has 0 saturated carbocycles. The Bertz CT molecular complexity index is 513. The number of halogens is 3. The normalized spacial score (nSPS) is 10.3. The number of benzene rings is 2. The number of hydrogen-bond acceptors (Lipinski definition) is 1. The minimum absolute atomic E-state index is 0.284. The first-order chi connectivity index (χ1) is 8.20. The Morgan fingerprint density at radius 2 is 1.82 bits per heavy atom. The lowest BCUT2D eigenvalue weighted by Gasteiger charge is -2.10. The maximum atomic E-state index is 13.5. The van der Waals surface area contributed by atoms with Crippen molar-refractivity contribution in [2.75, 3.05) is 0 Å². The molecule has 2 aromatic rings. The van der Waals surface area contributed by atoms with E-state index >= 15 is 0 Å². The summed E-state index contributed by atoms with van der Waals surface area (Å²) in [5.74, 6) is 0.847. The van der Waals surface area contributed by atoms with Gasteiger partial charge >= 0.3 is 0 Å². The molecule has 0 fully saturated rings. The zero-order chi connectivity index (χ0) is 12.3. The quantitative estimate of drug-likeness (QED) is 0.710. The summed E-state index contributed by atoms with van der Waals surface area (Å²) in [5, 5.41) is 1.04. The first-order valence-corrected chi connectivity index (χ1v) is 6.47. The molecule has 0 N–H and O–H groups in total. The van der Waals surface area contributed by atoms with Crippen LogP contribution < -0.4 is 4.74 Å². The highest BCUT2D eigenvalue weighted by Gasteiger charge is 2.08. The molecule has 0 unspecified atom stereocenters. The van der Waals surface area contributed by atoms with Crippen LogP contribution in [-0.4, -0.2) is 0 Å². The summed E-state index contributed by atoms with van der Waals surface area (Å²) in [6.45, 7) is 0. The fourth-order valence-corrected chi connectivity index (χ4v) is 2.06. The number of rotatable bonds is 3. The van der Waals surface area contributed by atoms with Crippen LogP contribution in [0.5, 0.6) is 11.5 Å². The van der Waals surface area contributed by atoms with Crippen LogP contribution in [0.2, 0.25) is 5.02 Å². The molecule has 88 valence electrons. The van der Waals surface area contributed by atoms with E-state index in [1.807, 2.05) is 0 Å². The lowest BCUT2D eigenvalue weighted by atomic mass is 10.2. The first-order valence-electron chi connectivity index (χ1n) is 4.97. The second kappa shape index (κ2) is 5.52. The predicted octanol–water partition coefficient (Wildman–Crippen LogP) is 5.17. The maximum Gasteiger partial charge on any atom is 0.134 e. The SMILES string of the molecule is Fc1cccc(Oc2ccc(Cl)cc2)c1CBr. The molecule has 0 atom stereocenters. The highest BCUT2D eigenvalue weighted by atomic mass is 79.9. The average molecular weight is 316 g/mol. The summed E-state index contributed by atoms with van der Waals surface area (Å²) in [5.41, 5.74) is 0.502. The van der Waals surface area contributed by atoms with Gasteiger partial charge in [0.25, 0.3) is 0 Å². The lowest BCUT2D eigenvalue weighted by Crippen LogP contribution is -1.92. The van der Waals surface area contributed by atoms with Crippen molar-refractivity contribution in [2.24, 2.45) is 0 Å². The first kappa shape index (κ1) is 12.4. The smallest absolute Gasteiger partial charge is 0.134 e. The molecule has 2 aromatic carbocycles. The molecule has 0 amide bonds. The standard InChI is InChI=1S/C13H9BrClFO/c14-8-11-12(16)2-1-3-13(11)17-10-6-4-9(15)5-7-10/h1-7H,8H2. The summed E-state index contributed by atoms with van der Waals surface area (Å²) in [6, 6.07) is 11.7. The van der Waals surface area contributed by atoms with E-state index in [0.29, 0.717) is 27.4 Å². The molecular formula is C13H9BrClFO. The highest BCUT2D eigenvalue weighted by Crippen LogP contribution is 2.29. The fraction of sp³-hybridized carbons (Fsp3) is 0.0769. The van der Waals surface area contributed by atoms with Gasteiger partial charge in [-0.15, -0.1) is 0 Å². The van der Waals surface area contributed by atoms with Gasteiger partial charge in [0.1, 0.15) is 17.3 Å². The van der Waals surface area contributed by atoms with E-state index < -0.39 is 0 Å². The Labute approximate surface area is 112 Å². The molecule has 4 heteroatoms. The minimum Gasteiger partial charge on any atom is -0.457 e. The molecule has 2 rings (SSSR count). The fourth-order valence-electron chi connectivity index (χ4n) is 1.39. The summed E-state index contributed by atoms with van der Waals surface area (Å²) < 4.78 is 19.1. The van der Waals surface area contributed by atoms with Gasteiger partial charge < -0.3 is 4.74 Å². The van der Waals surface area contributed by atoms with Gasteiger partial charge in [-0.1, -0.05) is 33.6 Å². The van der Waals surface area contributed by atoms with Gasteiger partial charge in [0.05, 0.1) is 0 Å². The largest absolute Gasteiger partial charge is 0.457 e. The Kier molecular flexibility index (Phi) is 4.02. The van der Waals surface area contributed by atoms with Crippen LogP contribution in [-0.2, 0) is 5.33 Å². The molecule has 0 aliphatic heterocycles. The van der Waals surface area contributed by atoms with E-state index in [0.717, 1.165) is 0 Å². The summed E-state index contributed by atoms with van der Waals surface area (Å²) in [7, 11) is 0. The molecule has 0 radical (unpaired) electrons. The summed E-state index contributed by atoms with van der Waals surface area (Å²) >= 11 is 9.02. The van der Waals surface area contributed by atoms with Gasteiger partial charge in [-0.2, -0.15) is 0 Å². The molecule has 1 nitrogen and oxygen atoms in total. The molecule has 17 heavy (non-hydrogen) atoms. The zero-order valence-electron chi connectivity index (χ0n) is 8.79. The molecule has 0 saturated heterocycles. The van der Waals surface area contributed by atoms with Gasteiger partial charge in [0, 0.05) is 15.9 Å². The van der Waals surface area contributed by atoms with E-state index in [1.54, 1.807) is 36.4 Å². The molecular weight excluding hydrogens is 306 g/mol. The molecule has 0 spiro atoms. The Morgan fingerprint density at radius 3 is 2.47 bits per heavy atom. The van der Waals surface area contributed by atoms with Crippen LogP contribution in [0.3, 0.4) is 0 Å². The third kappa shape index (κ3) is 2.99. The molecule has 0 aliphatic carbocycles. The van der Waals surface area contributed by atoms with Crippen LogP contribution in [0.1, 0.15) is 5.56 Å². The Morgan fingerprint density at radius 1 is 1.12 bits per heavy atom. The van der Waals surface area contributed by atoms with Crippen molar-refractivity contribution in [1.29, 1.82) is 0 Å². The molecule has 0 aromatic heterocycles. The predicted molar refractivity (Wildman–Crippen MR) is 70.6 cm³/mol. The van der Waals surface area contributed by atoms with E-state index in [9.17, 15) is 4.39 Å². The summed E-state index contributed by atoms with van der Waals surface area (Å²) in [4.78, 5) is 0. The number of ether oxygens (including phenoxy) is 1. The van der Waals surface area contributed by atoms with Crippen molar-refractivity contribution in [3.8, 4) is 11.5 Å². The van der Waals surface area contributed by atoms with Crippen molar-refractivity contribution < 1.29 is 9.13 Å². The van der Waals surface area contributed by atoms with Gasteiger partial charge in [0.2, 0.25) is 0 Å². The maximum absolute atomic E-state index is 13.5. The second-order valence-corrected chi connectivity index (χ2v) is 4.40. The third-order valence-corrected chi connectivity index (χ3v) is 3.06. The van der Waals surface area contributed by atoms with E-state index in [-0.39, 0.29) is 5.82 Å². The van der Waals surface area contributed by atoms with E-state index in [1.165, 1.54) is 6.07 Å². The minimum atomic E-state index is -0.284. The zero-order valence-corrected chi connectivity index (χ0v) is 11.1. The van der Waals surface area contributed by atoms with E-state index in [2.05, 4.69) is 15.9 Å². The van der Waals surface area contributed by atoms with Crippen LogP contribution in [0.15, 0.2) is 42.5 Å². The average Bonchev–Trinajstić information content (AvgIpc) is 2.32. The van der Waals surface area contributed by atoms with Crippen LogP contribution in [0.25, 0.3) is 0 Å². The van der Waals surface area contributed by atoms with Gasteiger partial charge in [0.15, 0.2) is 0 Å². The van der Waals surface area contributed by atoms with Crippen molar-refractivity contribution in [3.63, 3.8) is 0 Å². The second-order valence-electron chi connectivity index (χ2n) is 3.41. The number of hydrogen-bond donors (Lipinski definition) is 0. The van der Waals surface area contributed by atoms with Crippen molar-refractivity contribution in [2.45, 2.75) is 5.33 Å². The lowest BCUT2D eigenvalue weighted by molar-refractivity contribution is 0.470. The van der Waals surface area contributed by atoms with Crippen molar-refractivity contribution in [1.82, 2.24) is 0 Å². The molecule has 0 bridgehead atoms. The van der Waals surface area contributed by atoms with Crippen molar-refractivity contribution >= 4 is 27.5 Å². The summed E-state index contributed by atoms with van der Waals surface area (Å²) in [6.07, 6.45) is 0. The molecule has 0 aliphatic rings. The van der Waals surface area contributed by atoms with Crippen LogP contribution in [0, 0.1) is 5.82 Å². The van der Waals surface area contributed by atoms with E-state index in [4.69, 9.17) is 16.3 Å². The Balaban J connectivity index is 2.29. The monoisotopic (exact) mass is 314 g/mol. The number of alkyl halides is 1. The topological polar surface area (TPSA) is 9.23 Å². The third-order valence-electron chi connectivity index (χ3n) is 2.25. The molecule has 0 heterocycles. The van der Waals surface area contributed by atoms with Crippen molar-refractivity contribution in [3.05, 3.63) is 58.9 Å².